The summed E-state index contributed by atoms with van der Waals surface area (Å²) in [5, 5.41) is 12.3. The van der Waals surface area contributed by atoms with Crippen LogP contribution in [0.25, 0.3) is 0 Å². The van der Waals surface area contributed by atoms with Crippen LogP contribution in [0.15, 0.2) is 59.6 Å². The van der Waals surface area contributed by atoms with Crippen LogP contribution in [0.4, 0.5) is 0 Å². The largest absolute Gasteiger partial charge is 0.396 e. The van der Waals surface area contributed by atoms with Crippen LogP contribution >= 0.6 is 11.8 Å². The fourth-order valence-electron chi connectivity index (χ4n) is 1.99. The van der Waals surface area contributed by atoms with Crippen LogP contribution in [0, 0.1) is 5.92 Å². The zero-order chi connectivity index (χ0) is 15.6. The molecule has 5 heteroatoms. The number of nitrogens with zero attached hydrogens (tertiary/aromatic N) is 1. The smallest absolute Gasteiger partial charge is 0.230 e. The van der Waals surface area contributed by atoms with Crippen molar-refractivity contribution < 1.29 is 9.90 Å². The van der Waals surface area contributed by atoms with E-state index in [-0.39, 0.29) is 18.4 Å². The van der Waals surface area contributed by atoms with Gasteiger partial charge in [0.25, 0.3) is 0 Å². The molecule has 0 aliphatic rings. The minimum atomic E-state index is -0.0201. The first-order chi connectivity index (χ1) is 10.8. The minimum Gasteiger partial charge on any atom is -0.396 e. The maximum absolute atomic E-state index is 11.9. The predicted molar refractivity (Wildman–Crippen MR) is 88.7 cm³/mol. The van der Waals surface area contributed by atoms with Gasteiger partial charge in [0.2, 0.25) is 5.91 Å². The van der Waals surface area contributed by atoms with Crippen molar-refractivity contribution in [1.29, 1.82) is 0 Å². The summed E-state index contributed by atoms with van der Waals surface area (Å²) in [6.45, 7) is 0.490. The van der Waals surface area contributed by atoms with Gasteiger partial charge in [-0.05, 0) is 30.7 Å². The molecule has 0 saturated carbocycles. The minimum absolute atomic E-state index is 0.0134. The van der Waals surface area contributed by atoms with Gasteiger partial charge in [0, 0.05) is 35.9 Å². The highest BCUT2D eigenvalue weighted by Gasteiger charge is 2.11. The molecule has 1 unspecified atom stereocenters. The third-order valence-electron chi connectivity index (χ3n) is 3.18. The lowest BCUT2D eigenvalue weighted by Gasteiger charge is -2.14. The Morgan fingerprint density at radius 3 is 2.64 bits per heavy atom. The molecular weight excluding hydrogens is 296 g/mol. The Kier molecular flexibility index (Phi) is 6.93. The molecule has 2 rings (SSSR count). The van der Waals surface area contributed by atoms with E-state index < -0.39 is 0 Å². The molecule has 0 radical (unpaired) electrons. The Morgan fingerprint density at radius 1 is 1.18 bits per heavy atom. The van der Waals surface area contributed by atoms with Crippen LogP contribution in [0.5, 0.6) is 0 Å². The van der Waals surface area contributed by atoms with Gasteiger partial charge in [-0.25, -0.2) is 0 Å². The summed E-state index contributed by atoms with van der Waals surface area (Å²) >= 11 is 1.50. The lowest BCUT2D eigenvalue weighted by molar-refractivity contribution is -0.118. The molecule has 116 valence electrons. The van der Waals surface area contributed by atoms with E-state index in [9.17, 15) is 9.90 Å². The van der Waals surface area contributed by atoms with Crippen molar-refractivity contribution in [3.8, 4) is 0 Å². The third kappa shape index (κ3) is 5.87. The second-order valence-electron chi connectivity index (χ2n) is 4.98. The average Bonchev–Trinajstić information content (AvgIpc) is 2.58. The monoisotopic (exact) mass is 316 g/mol. The van der Waals surface area contributed by atoms with Gasteiger partial charge in [-0.1, -0.05) is 24.3 Å². The van der Waals surface area contributed by atoms with Crippen LogP contribution < -0.4 is 5.32 Å². The number of aliphatic hydroxyl groups is 1. The van der Waals surface area contributed by atoms with Crippen molar-refractivity contribution in [2.24, 2.45) is 5.92 Å². The Balaban J connectivity index is 1.72. The summed E-state index contributed by atoms with van der Waals surface area (Å²) in [4.78, 5) is 17.2. The molecule has 1 heterocycles. The fourth-order valence-corrected chi connectivity index (χ4v) is 2.74. The van der Waals surface area contributed by atoms with Gasteiger partial charge in [-0.2, -0.15) is 0 Å². The number of aromatic nitrogens is 1. The molecule has 2 N–H and O–H groups in total. The number of amides is 1. The first-order valence-electron chi connectivity index (χ1n) is 7.23. The lowest BCUT2D eigenvalue weighted by atomic mass is 10.0. The van der Waals surface area contributed by atoms with Crippen molar-refractivity contribution in [3.63, 3.8) is 0 Å². The van der Waals surface area contributed by atoms with E-state index in [0.29, 0.717) is 18.7 Å². The van der Waals surface area contributed by atoms with Crippen molar-refractivity contribution in [1.82, 2.24) is 10.3 Å². The summed E-state index contributed by atoms with van der Waals surface area (Å²) < 4.78 is 0. The standard InChI is InChI=1S/C17H20N2O2S/c20-12-14(10-15-6-4-5-9-18-15)11-19-17(21)13-22-16-7-2-1-3-8-16/h1-9,14,20H,10-13H2,(H,19,21). The van der Waals surface area contributed by atoms with Crippen molar-refractivity contribution in [2.75, 3.05) is 18.9 Å². The number of nitrogens with one attached hydrogen (secondary N) is 1. The number of pyridine rings is 1. The van der Waals surface area contributed by atoms with Gasteiger partial charge in [-0.15, -0.1) is 11.8 Å². The van der Waals surface area contributed by atoms with E-state index in [2.05, 4.69) is 10.3 Å². The molecule has 1 aromatic carbocycles. The molecule has 0 saturated heterocycles. The summed E-state index contributed by atoms with van der Waals surface area (Å²) in [7, 11) is 0. The summed E-state index contributed by atoms with van der Waals surface area (Å²) in [6.07, 6.45) is 2.39. The predicted octanol–water partition coefficient (Wildman–Crippen LogP) is 2.14. The molecule has 0 fully saturated rings. The SMILES string of the molecule is O=C(CSc1ccccc1)NCC(CO)Cc1ccccn1. The molecular formula is C17H20N2O2S. The Morgan fingerprint density at radius 2 is 1.95 bits per heavy atom. The van der Waals surface area contributed by atoms with Gasteiger partial charge in [0.05, 0.1) is 5.75 Å². The Hall–Kier alpha value is -1.85. The number of carbonyl (C=O) groups is 1. The first kappa shape index (κ1) is 16.5. The first-order valence-corrected chi connectivity index (χ1v) is 8.22. The van der Waals surface area contributed by atoms with Gasteiger partial charge in [0.15, 0.2) is 0 Å². The maximum Gasteiger partial charge on any atom is 0.230 e. The molecule has 0 aliphatic carbocycles. The quantitative estimate of drug-likeness (QED) is 0.733. The van der Waals surface area contributed by atoms with Gasteiger partial charge in [-0.3, -0.25) is 9.78 Å². The maximum atomic E-state index is 11.9. The number of benzene rings is 1. The molecule has 0 bridgehead atoms. The molecule has 0 spiro atoms. The molecule has 2 aromatic rings. The Bertz CT molecular complexity index is 563. The van der Waals surface area contributed by atoms with Crippen LogP contribution in [-0.2, 0) is 11.2 Å². The highest BCUT2D eigenvalue weighted by molar-refractivity contribution is 8.00. The normalized spacial score (nSPS) is 11.9. The number of carbonyl (C=O) groups excluding carboxylic acids is 1. The van der Waals surface area contributed by atoms with Gasteiger partial charge in [0.1, 0.15) is 0 Å². The van der Waals surface area contributed by atoms with E-state index in [0.717, 1.165) is 10.6 Å². The van der Waals surface area contributed by atoms with Crippen LogP contribution in [0.3, 0.4) is 0 Å². The second-order valence-corrected chi connectivity index (χ2v) is 6.03. The number of aliphatic hydroxyl groups excluding tert-OH is 1. The molecule has 4 nitrogen and oxygen atoms in total. The highest BCUT2D eigenvalue weighted by atomic mass is 32.2. The van der Waals surface area contributed by atoms with Crippen LogP contribution in [-0.4, -0.2) is 34.9 Å². The highest BCUT2D eigenvalue weighted by Crippen LogP contribution is 2.16. The number of thioether (sulfide) groups is 1. The topological polar surface area (TPSA) is 62.2 Å². The van der Waals surface area contributed by atoms with Gasteiger partial charge < -0.3 is 10.4 Å². The zero-order valence-corrected chi connectivity index (χ0v) is 13.1. The van der Waals surface area contributed by atoms with E-state index in [4.69, 9.17) is 0 Å². The fraction of sp³-hybridized carbons (Fsp3) is 0.294. The zero-order valence-electron chi connectivity index (χ0n) is 12.3. The molecule has 1 amide bonds. The van der Waals surface area contributed by atoms with Crippen LogP contribution in [0.2, 0.25) is 0 Å². The lowest BCUT2D eigenvalue weighted by Crippen LogP contribution is -2.33. The molecule has 0 aliphatic heterocycles. The van der Waals surface area contributed by atoms with E-state index in [1.165, 1.54) is 11.8 Å². The van der Waals surface area contributed by atoms with Crippen molar-refractivity contribution in [3.05, 3.63) is 60.4 Å². The van der Waals surface area contributed by atoms with Gasteiger partial charge >= 0.3 is 0 Å². The van der Waals surface area contributed by atoms with E-state index in [1.807, 2.05) is 48.5 Å². The number of hydrogen-bond donors (Lipinski definition) is 2. The Labute approximate surface area is 135 Å². The van der Waals surface area contributed by atoms with E-state index in [1.54, 1.807) is 6.20 Å². The number of rotatable bonds is 8. The summed E-state index contributed by atoms with van der Waals surface area (Å²) in [5.74, 6) is 0.347. The van der Waals surface area contributed by atoms with Crippen molar-refractivity contribution >= 4 is 17.7 Å². The summed E-state index contributed by atoms with van der Waals surface area (Å²) in [6, 6.07) is 15.5. The number of hydrogen-bond acceptors (Lipinski definition) is 4. The molecule has 1 aromatic heterocycles. The summed E-state index contributed by atoms with van der Waals surface area (Å²) in [5.41, 5.74) is 0.925. The second kappa shape index (κ2) is 9.23. The molecule has 22 heavy (non-hydrogen) atoms. The third-order valence-corrected chi connectivity index (χ3v) is 4.20. The van der Waals surface area contributed by atoms with Crippen LogP contribution in [0.1, 0.15) is 5.69 Å². The van der Waals surface area contributed by atoms with Crippen molar-refractivity contribution in [2.45, 2.75) is 11.3 Å². The average molecular weight is 316 g/mol. The van der Waals surface area contributed by atoms with E-state index >= 15 is 0 Å². The molecule has 1 atom stereocenters.